The highest BCUT2D eigenvalue weighted by Gasteiger charge is 2.35. The number of aliphatic carboxylic acids is 5. The second-order valence-electron chi connectivity index (χ2n) is 15.5. The van der Waals surface area contributed by atoms with Crippen molar-refractivity contribution in [2.45, 2.75) is 87.7 Å². The fourth-order valence-electron chi connectivity index (χ4n) is 6.25. The summed E-state index contributed by atoms with van der Waals surface area (Å²) in [6.07, 6.45) is -3.88. The fourth-order valence-corrected chi connectivity index (χ4v) is 6.50. The summed E-state index contributed by atoms with van der Waals surface area (Å²) in [5, 5.41) is 72.8. The van der Waals surface area contributed by atoms with Gasteiger partial charge in [0.05, 0.1) is 37.7 Å². The Hall–Kier alpha value is -9.17. The average Bonchev–Trinajstić information content (AvgIpc) is 3.30. The van der Waals surface area contributed by atoms with E-state index in [4.69, 9.17) is 16.9 Å². The number of aromatic amines is 1. The van der Waals surface area contributed by atoms with Crippen LogP contribution in [-0.4, -0.2) is 165 Å². The number of carbonyl (C=O) groups excluding carboxylic acids is 6. The van der Waals surface area contributed by atoms with Crippen LogP contribution in [0.25, 0.3) is 11.2 Å². The number of nitrogens with zero attached hydrogens (tertiary/aromatic N) is 3. The molecule has 2 heterocycles. The smallest absolute Gasteiger partial charge is 0.327 e. The predicted octanol–water partition coefficient (Wildman–Crippen LogP) is -5.00. The molecule has 73 heavy (non-hydrogen) atoms. The number of H-pyrrole nitrogens is 1. The number of guanidine groups is 1. The zero-order valence-electron chi connectivity index (χ0n) is 38.0. The monoisotopic (exact) mass is 1050 g/mol. The van der Waals surface area contributed by atoms with Gasteiger partial charge >= 0.3 is 29.8 Å². The third kappa shape index (κ3) is 19.6. The molecule has 6 amide bonds. The van der Waals surface area contributed by atoms with E-state index in [1.54, 1.807) is 0 Å². The summed E-state index contributed by atoms with van der Waals surface area (Å²) >= 11 is 3.78. The van der Waals surface area contributed by atoms with Crippen molar-refractivity contribution in [2.24, 2.45) is 5.73 Å². The molecule has 32 nitrogen and oxygen atoms in total. The number of hydrogen-bond acceptors (Lipinski definition) is 19. The molecule has 0 aliphatic rings. The number of hydrogen-bond donors (Lipinski definition) is 18. The zero-order valence-corrected chi connectivity index (χ0v) is 38.9. The van der Waals surface area contributed by atoms with Crippen LogP contribution in [0.3, 0.4) is 0 Å². The minimum absolute atomic E-state index is 0.00363. The highest BCUT2D eigenvalue weighted by atomic mass is 32.1. The summed E-state index contributed by atoms with van der Waals surface area (Å²) in [4.78, 5) is 165. The van der Waals surface area contributed by atoms with Crippen LogP contribution in [0.15, 0.2) is 35.3 Å². The molecular weight excluding hydrogens is 995 g/mol. The molecule has 0 aliphatic heterocycles. The van der Waals surface area contributed by atoms with Crippen LogP contribution >= 0.6 is 12.6 Å². The zero-order chi connectivity index (χ0) is 54.5. The maximum atomic E-state index is 13.7. The van der Waals surface area contributed by atoms with E-state index < -0.39 is 157 Å². The quantitative estimate of drug-likeness (QED) is 0.0129. The topological polar surface area (TPSA) is 533 Å². The van der Waals surface area contributed by atoms with E-state index in [1.165, 1.54) is 30.5 Å². The number of amides is 6. The maximum Gasteiger partial charge on any atom is 0.327 e. The SMILES string of the molecule is N=C(N)NCCC[C@@H](NC(=O)[C@@H](CC(=O)O)NC(=O)CC[C@@H](NC(=O)c1ccc(NCc2cnc3nc(N)[nH]c(=O)c3n2)cc1)C(=O)O)C(=O)N[C@H](CC(=O)O)C(=O)N[C@H](CC(=O)O)C(=O)N[C@@H](CS)C(=O)O. The minimum atomic E-state index is -2.10. The first kappa shape index (κ1) is 58.1. The molecule has 394 valence electrons. The van der Waals surface area contributed by atoms with E-state index in [1.807, 2.05) is 16.0 Å². The number of carbonyl (C=O) groups is 11. The van der Waals surface area contributed by atoms with E-state index in [0.717, 1.165) is 0 Å². The first-order valence-corrected chi connectivity index (χ1v) is 22.0. The maximum absolute atomic E-state index is 13.7. The van der Waals surface area contributed by atoms with Gasteiger partial charge in [-0.25, -0.2) is 19.6 Å². The molecule has 0 saturated heterocycles. The molecule has 19 N–H and O–H groups in total. The molecule has 0 spiro atoms. The molecule has 0 aliphatic carbocycles. The third-order valence-corrected chi connectivity index (χ3v) is 10.2. The van der Waals surface area contributed by atoms with Gasteiger partial charge in [0.15, 0.2) is 17.1 Å². The first-order valence-electron chi connectivity index (χ1n) is 21.3. The molecule has 1 aromatic carbocycles. The Morgan fingerprint density at radius 1 is 0.671 bits per heavy atom. The standard InChI is InChI=1S/C40H51N15O17S/c41-39(42)44-9-1-2-19(32(64)51-22(11-27(59)60)34(66)52-23(12-28(61)62)35(67)53-24(15-73)38(71)72)49-33(65)21(10-26(57)58)48-25(56)8-7-20(37(69)70)50-31(63)16-3-5-17(6-4-16)45-13-18-14-46-30-29(47-18)36(68)55-40(43)54-30/h3-6,14,19-24,45,73H,1-2,7-13,15H2,(H,48,56)(H,49,65)(H,50,63)(H,51,64)(H,52,66)(H,53,67)(H,57,58)(H,59,60)(H,61,62)(H,69,70)(H,71,72)(H4,41,42,44)(H3,43,46,54,55,68)/t19-,20-,21-,22-,23-,24+/m1/s1. The number of thiol groups is 1. The summed E-state index contributed by atoms with van der Waals surface area (Å²) in [6, 6.07) is -5.54. The lowest BCUT2D eigenvalue weighted by Gasteiger charge is -2.26. The van der Waals surface area contributed by atoms with Crippen molar-refractivity contribution >= 4 is 107 Å². The van der Waals surface area contributed by atoms with E-state index >= 15 is 0 Å². The van der Waals surface area contributed by atoms with Crippen molar-refractivity contribution in [3.63, 3.8) is 0 Å². The Labute approximate surface area is 415 Å². The number of rotatable bonds is 30. The van der Waals surface area contributed by atoms with Gasteiger partial charge in [0.25, 0.3) is 11.5 Å². The molecule has 6 atom stereocenters. The molecule has 3 aromatic rings. The van der Waals surface area contributed by atoms with E-state index in [9.17, 15) is 83.1 Å². The molecule has 3 rings (SSSR count). The normalized spacial score (nSPS) is 13.2. The molecule has 0 unspecified atom stereocenters. The average molecular weight is 1050 g/mol. The Balaban J connectivity index is 1.70. The minimum Gasteiger partial charge on any atom is -0.481 e. The van der Waals surface area contributed by atoms with Gasteiger partial charge in [-0.15, -0.1) is 0 Å². The van der Waals surface area contributed by atoms with E-state index in [0.29, 0.717) is 11.4 Å². The number of fused-ring (bicyclic) bond motifs is 1. The predicted molar refractivity (Wildman–Crippen MR) is 251 cm³/mol. The van der Waals surface area contributed by atoms with Crippen LogP contribution in [0.5, 0.6) is 0 Å². The van der Waals surface area contributed by atoms with E-state index in [-0.39, 0.29) is 42.2 Å². The van der Waals surface area contributed by atoms with E-state index in [2.05, 4.69) is 59.1 Å². The van der Waals surface area contributed by atoms with Gasteiger partial charge in [-0.05, 0) is 43.5 Å². The van der Waals surface area contributed by atoms with Crippen molar-refractivity contribution in [2.75, 3.05) is 23.3 Å². The second-order valence-corrected chi connectivity index (χ2v) is 15.8. The summed E-state index contributed by atoms with van der Waals surface area (Å²) in [5.74, 6) is -16.6. The lowest BCUT2D eigenvalue weighted by molar-refractivity contribution is -0.144. The number of anilines is 2. The molecular formula is C40H51N15O17S. The number of nitrogens with two attached hydrogens (primary N) is 2. The molecule has 0 saturated carbocycles. The molecule has 2 aromatic heterocycles. The largest absolute Gasteiger partial charge is 0.481 e. The van der Waals surface area contributed by atoms with Crippen LogP contribution in [0.2, 0.25) is 0 Å². The van der Waals surface area contributed by atoms with Crippen LogP contribution < -0.4 is 59.6 Å². The van der Waals surface area contributed by atoms with Gasteiger partial charge in [0.2, 0.25) is 35.5 Å². The van der Waals surface area contributed by atoms with Gasteiger partial charge in [-0.1, -0.05) is 0 Å². The molecule has 0 fully saturated rings. The van der Waals surface area contributed by atoms with Gasteiger partial charge in [-0.2, -0.15) is 17.6 Å². The lowest BCUT2D eigenvalue weighted by Crippen LogP contribution is -2.59. The summed E-state index contributed by atoms with van der Waals surface area (Å²) in [7, 11) is 0. The summed E-state index contributed by atoms with van der Waals surface area (Å²) in [5.41, 5.74) is 11.0. The number of carboxylic acids is 5. The van der Waals surface area contributed by atoms with Crippen molar-refractivity contribution in [1.82, 2.24) is 57.2 Å². The lowest BCUT2D eigenvalue weighted by atomic mass is 10.1. The highest BCUT2D eigenvalue weighted by Crippen LogP contribution is 2.13. The Morgan fingerprint density at radius 3 is 1.68 bits per heavy atom. The number of aromatic nitrogens is 4. The van der Waals surface area contributed by atoms with Crippen LogP contribution in [-0.2, 0) is 54.5 Å². The van der Waals surface area contributed by atoms with Gasteiger partial charge in [0.1, 0.15) is 36.3 Å². The van der Waals surface area contributed by atoms with Crippen molar-refractivity contribution in [3.8, 4) is 0 Å². The van der Waals surface area contributed by atoms with Crippen LogP contribution in [0, 0.1) is 5.41 Å². The third-order valence-electron chi connectivity index (χ3n) is 9.84. The Kier molecular flexibility index (Phi) is 22.2. The molecule has 0 bridgehead atoms. The van der Waals surface area contributed by atoms with Crippen LogP contribution in [0.1, 0.15) is 61.0 Å². The van der Waals surface area contributed by atoms with Gasteiger partial charge in [0, 0.05) is 30.0 Å². The number of nitrogens with one attached hydrogen (secondary N) is 10. The Morgan fingerprint density at radius 2 is 1.18 bits per heavy atom. The fraction of sp³-hybridized carbons (Fsp3) is 0.400. The Bertz CT molecular complexity index is 2650. The first-order chi connectivity index (χ1) is 34.4. The number of carboxylic acid groups (broad SMARTS) is 5. The molecule has 33 heteroatoms. The summed E-state index contributed by atoms with van der Waals surface area (Å²) < 4.78 is 0. The van der Waals surface area contributed by atoms with Crippen LogP contribution in [0.4, 0.5) is 11.6 Å². The second kappa shape index (κ2) is 27.9. The van der Waals surface area contributed by atoms with Crippen molar-refractivity contribution in [3.05, 3.63) is 52.1 Å². The van der Waals surface area contributed by atoms with Crippen molar-refractivity contribution in [1.29, 1.82) is 5.41 Å². The van der Waals surface area contributed by atoms with Gasteiger partial charge in [-0.3, -0.25) is 58.3 Å². The van der Waals surface area contributed by atoms with Gasteiger partial charge < -0.3 is 79.5 Å². The summed E-state index contributed by atoms with van der Waals surface area (Å²) in [6.45, 7) is -0.0194. The number of benzene rings is 1. The van der Waals surface area contributed by atoms with Crippen molar-refractivity contribution < 1.29 is 78.3 Å². The highest BCUT2D eigenvalue weighted by molar-refractivity contribution is 7.80. The molecule has 0 radical (unpaired) electrons. The number of nitrogen functional groups attached to an aromatic ring is 1.